The van der Waals surface area contributed by atoms with Crippen molar-refractivity contribution in [1.29, 1.82) is 0 Å². The second-order valence-electron chi connectivity index (χ2n) is 5.37. The Morgan fingerprint density at radius 1 is 0.870 bits per heavy atom. The maximum Gasteiger partial charge on any atom is 0.232 e. The second kappa shape index (κ2) is 7.45. The Morgan fingerprint density at radius 2 is 1.48 bits per heavy atom. The number of amides is 1. The average molecular weight is 305 g/mol. The molecule has 0 spiro atoms. The van der Waals surface area contributed by atoms with Gasteiger partial charge in [0.25, 0.3) is 0 Å². The summed E-state index contributed by atoms with van der Waals surface area (Å²) in [5.41, 5.74) is 1.99. The third-order valence-corrected chi connectivity index (χ3v) is 3.78. The molecule has 3 nitrogen and oxygen atoms in total. The molecule has 0 aliphatic heterocycles. The van der Waals surface area contributed by atoms with Gasteiger partial charge in [-0.05, 0) is 23.3 Å². The van der Waals surface area contributed by atoms with Crippen LogP contribution in [0.4, 0.5) is 0 Å². The van der Waals surface area contributed by atoms with Crippen LogP contribution in [0.15, 0.2) is 83.5 Å². The lowest BCUT2D eigenvalue weighted by Crippen LogP contribution is -2.31. The minimum atomic E-state index is -0.297. The summed E-state index contributed by atoms with van der Waals surface area (Å²) in [5, 5.41) is 3.02. The van der Waals surface area contributed by atoms with E-state index >= 15 is 0 Å². The number of hydrogen-bond donors (Lipinski definition) is 1. The first-order valence-electron chi connectivity index (χ1n) is 7.74. The zero-order valence-electron chi connectivity index (χ0n) is 12.8. The molecular formula is C20H19NO2. The molecule has 1 aromatic heterocycles. The van der Waals surface area contributed by atoms with Crippen molar-refractivity contribution < 1.29 is 9.21 Å². The van der Waals surface area contributed by atoms with Crippen LogP contribution in [0.3, 0.4) is 0 Å². The normalized spacial score (nSPS) is 10.7. The Kier molecular flexibility index (Phi) is 4.89. The molecular weight excluding hydrogens is 286 g/mol. The van der Waals surface area contributed by atoms with Gasteiger partial charge in [-0.3, -0.25) is 4.79 Å². The van der Waals surface area contributed by atoms with Crippen LogP contribution >= 0.6 is 0 Å². The van der Waals surface area contributed by atoms with Gasteiger partial charge in [0.2, 0.25) is 5.91 Å². The Balaban J connectivity index is 1.74. The minimum absolute atomic E-state index is 0.00829. The van der Waals surface area contributed by atoms with E-state index in [1.807, 2.05) is 72.8 Å². The lowest BCUT2D eigenvalue weighted by Gasteiger charge is -2.17. The number of hydrogen-bond acceptors (Lipinski definition) is 2. The minimum Gasteiger partial charge on any atom is -0.469 e. The predicted octanol–water partition coefficient (Wildman–Crippen LogP) is 3.77. The van der Waals surface area contributed by atoms with E-state index in [1.165, 1.54) is 0 Å². The molecule has 0 fully saturated rings. The quantitative estimate of drug-likeness (QED) is 0.753. The summed E-state index contributed by atoms with van der Waals surface area (Å²) in [6.45, 7) is 0.558. The summed E-state index contributed by atoms with van der Waals surface area (Å²) in [6, 6.07) is 23.5. The van der Waals surface area contributed by atoms with Crippen molar-refractivity contribution in [2.24, 2.45) is 0 Å². The fourth-order valence-electron chi connectivity index (χ4n) is 2.65. The summed E-state index contributed by atoms with van der Waals surface area (Å²) < 4.78 is 5.29. The van der Waals surface area contributed by atoms with Gasteiger partial charge in [-0.2, -0.15) is 0 Å². The van der Waals surface area contributed by atoms with Crippen LogP contribution < -0.4 is 5.32 Å². The molecule has 0 radical (unpaired) electrons. The molecule has 0 unspecified atom stereocenters. The number of nitrogens with one attached hydrogen (secondary N) is 1. The van der Waals surface area contributed by atoms with Crippen molar-refractivity contribution in [1.82, 2.24) is 5.32 Å². The van der Waals surface area contributed by atoms with Crippen LogP contribution in [0.1, 0.15) is 22.8 Å². The highest BCUT2D eigenvalue weighted by Crippen LogP contribution is 2.24. The Bertz CT molecular complexity index is 681. The van der Waals surface area contributed by atoms with Gasteiger partial charge in [0.15, 0.2) is 0 Å². The van der Waals surface area contributed by atoms with Gasteiger partial charge in [-0.1, -0.05) is 60.7 Å². The van der Waals surface area contributed by atoms with E-state index in [0.29, 0.717) is 13.0 Å². The van der Waals surface area contributed by atoms with Crippen molar-refractivity contribution in [3.8, 4) is 0 Å². The summed E-state index contributed by atoms with van der Waals surface area (Å²) in [6.07, 6.45) is 2.34. The molecule has 0 aliphatic rings. The molecule has 0 bridgehead atoms. The third kappa shape index (κ3) is 3.89. The molecule has 0 aliphatic carbocycles. The fraction of sp³-hybridized carbons (Fsp3) is 0.150. The summed E-state index contributed by atoms with van der Waals surface area (Å²) in [7, 11) is 0. The largest absolute Gasteiger partial charge is 0.469 e. The highest BCUT2D eigenvalue weighted by molar-refractivity contribution is 5.87. The summed E-state index contributed by atoms with van der Waals surface area (Å²) in [5.74, 6) is 0.587. The SMILES string of the molecule is O=C(NCCc1ccco1)C(c1ccccc1)c1ccccc1. The van der Waals surface area contributed by atoms with Crippen molar-refractivity contribution in [2.75, 3.05) is 6.54 Å². The number of rotatable bonds is 6. The van der Waals surface area contributed by atoms with Crippen LogP contribution in [0.2, 0.25) is 0 Å². The van der Waals surface area contributed by atoms with Crippen LogP contribution in [0.5, 0.6) is 0 Å². The lowest BCUT2D eigenvalue weighted by atomic mass is 9.90. The smallest absolute Gasteiger partial charge is 0.232 e. The van der Waals surface area contributed by atoms with Gasteiger partial charge in [0.05, 0.1) is 12.2 Å². The molecule has 23 heavy (non-hydrogen) atoms. The highest BCUT2D eigenvalue weighted by atomic mass is 16.3. The van der Waals surface area contributed by atoms with Crippen LogP contribution in [0, 0.1) is 0 Å². The van der Waals surface area contributed by atoms with Gasteiger partial charge in [0, 0.05) is 13.0 Å². The standard InChI is InChI=1S/C20H19NO2/c22-20(21-14-13-18-12-7-15-23-18)19(16-8-3-1-4-9-16)17-10-5-2-6-11-17/h1-12,15,19H,13-14H2,(H,21,22). The van der Waals surface area contributed by atoms with Crippen LogP contribution in [-0.4, -0.2) is 12.5 Å². The highest BCUT2D eigenvalue weighted by Gasteiger charge is 2.21. The van der Waals surface area contributed by atoms with Gasteiger partial charge < -0.3 is 9.73 Å². The van der Waals surface area contributed by atoms with Gasteiger partial charge >= 0.3 is 0 Å². The first-order chi connectivity index (χ1) is 11.3. The number of benzene rings is 2. The molecule has 1 N–H and O–H groups in total. The average Bonchev–Trinajstić information content (AvgIpc) is 3.10. The van der Waals surface area contributed by atoms with E-state index in [9.17, 15) is 4.79 Å². The summed E-state index contributed by atoms with van der Waals surface area (Å²) in [4.78, 5) is 12.7. The Labute approximate surface area is 136 Å². The zero-order chi connectivity index (χ0) is 15.9. The van der Waals surface area contributed by atoms with Crippen LogP contribution in [0.25, 0.3) is 0 Å². The Hall–Kier alpha value is -2.81. The second-order valence-corrected chi connectivity index (χ2v) is 5.37. The fourth-order valence-corrected chi connectivity index (χ4v) is 2.65. The molecule has 3 aromatic rings. The van der Waals surface area contributed by atoms with E-state index in [0.717, 1.165) is 16.9 Å². The third-order valence-electron chi connectivity index (χ3n) is 3.78. The number of carbonyl (C=O) groups excluding carboxylic acids is 1. The van der Waals surface area contributed by atoms with Gasteiger partial charge in [-0.25, -0.2) is 0 Å². The van der Waals surface area contributed by atoms with E-state index < -0.39 is 0 Å². The molecule has 0 saturated heterocycles. The van der Waals surface area contributed by atoms with E-state index in [4.69, 9.17) is 4.42 Å². The number of carbonyl (C=O) groups is 1. The molecule has 0 atom stereocenters. The predicted molar refractivity (Wildman–Crippen MR) is 90.1 cm³/mol. The molecule has 3 rings (SSSR count). The molecule has 1 amide bonds. The number of furan rings is 1. The molecule has 116 valence electrons. The van der Waals surface area contributed by atoms with E-state index in [1.54, 1.807) is 6.26 Å². The van der Waals surface area contributed by atoms with Crippen LogP contribution in [-0.2, 0) is 11.2 Å². The molecule has 1 heterocycles. The first kappa shape index (κ1) is 15.1. The first-order valence-corrected chi connectivity index (χ1v) is 7.74. The van der Waals surface area contributed by atoms with Crippen molar-refractivity contribution in [2.45, 2.75) is 12.3 Å². The van der Waals surface area contributed by atoms with E-state index in [-0.39, 0.29) is 11.8 Å². The Morgan fingerprint density at radius 3 is 2.00 bits per heavy atom. The molecule has 3 heteroatoms. The van der Waals surface area contributed by atoms with Crippen molar-refractivity contribution in [3.05, 3.63) is 95.9 Å². The topological polar surface area (TPSA) is 42.2 Å². The molecule has 0 saturated carbocycles. The maximum atomic E-state index is 12.7. The van der Waals surface area contributed by atoms with Gasteiger partial charge in [0.1, 0.15) is 5.76 Å². The van der Waals surface area contributed by atoms with Gasteiger partial charge in [-0.15, -0.1) is 0 Å². The van der Waals surface area contributed by atoms with Crippen molar-refractivity contribution in [3.63, 3.8) is 0 Å². The lowest BCUT2D eigenvalue weighted by molar-refractivity contribution is -0.121. The monoisotopic (exact) mass is 305 g/mol. The van der Waals surface area contributed by atoms with Crippen molar-refractivity contribution >= 4 is 5.91 Å². The summed E-state index contributed by atoms with van der Waals surface area (Å²) >= 11 is 0. The zero-order valence-corrected chi connectivity index (χ0v) is 12.8. The maximum absolute atomic E-state index is 12.7. The molecule has 2 aromatic carbocycles. The van der Waals surface area contributed by atoms with E-state index in [2.05, 4.69) is 5.32 Å².